The third-order valence-electron chi connectivity index (χ3n) is 4.95. The van der Waals surface area contributed by atoms with Gasteiger partial charge in [0.05, 0.1) is 18.2 Å². The predicted molar refractivity (Wildman–Crippen MR) is 98.7 cm³/mol. The lowest BCUT2D eigenvalue weighted by Gasteiger charge is -2.29. The van der Waals surface area contributed by atoms with Gasteiger partial charge in [0.2, 0.25) is 0 Å². The molecule has 0 saturated carbocycles. The summed E-state index contributed by atoms with van der Waals surface area (Å²) in [5.74, 6) is -1.08. The molecule has 0 aliphatic carbocycles. The van der Waals surface area contributed by atoms with Crippen LogP contribution in [0.1, 0.15) is 40.9 Å². The van der Waals surface area contributed by atoms with Gasteiger partial charge >= 0.3 is 5.97 Å². The fourth-order valence-corrected chi connectivity index (χ4v) is 3.82. The van der Waals surface area contributed by atoms with E-state index in [1.54, 1.807) is 17.6 Å². The lowest BCUT2D eigenvalue weighted by Crippen LogP contribution is -2.34. The molecule has 0 fully saturated rings. The molecule has 2 aromatic carbocycles. The van der Waals surface area contributed by atoms with E-state index in [-0.39, 0.29) is 24.0 Å². The molecule has 5 nitrogen and oxygen atoms in total. The molecule has 4 rings (SSSR count). The second-order valence-corrected chi connectivity index (χ2v) is 6.40. The minimum absolute atomic E-state index is 0.137. The van der Waals surface area contributed by atoms with Gasteiger partial charge in [-0.05, 0) is 37.0 Å². The van der Waals surface area contributed by atoms with Crippen molar-refractivity contribution in [1.82, 2.24) is 4.57 Å². The molecule has 1 aliphatic rings. The zero-order chi connectivity index (χ0) is 18.3. The van der Waals surface area contributed by atoms with Crippen molar-refractivity contribution in [3.63, 3.8) is 0 Å². The van der Waals surface area contributed by atoms with E-state index in [1.165, 1.54) is 0 Å². The maximum atomic E-state index is 13.2. The number of benzene rings is 2. The summed E-state index contributed by atoms with van der Waals surface area (Å²) in [6.45, 7) is 1.81. The number of rotatable bonds is 3. The van der Waals surface area contributed by atoms with Crippen LogP contribution in [-0.2, 0) is 11.2 Å². The zero-order valence-corrected chi connectivity index (χ0v) is 14.4. The minimum atomic E-state index is -0.788. The van der Waals surface area contributed by atoms with Crippen molar-refractivity contribution in [3.8, 4) is 5.75 Å². The van der Waals surface area contributed by atoms with E-state index < -0.39 is 11.5 Å². The number of aromatic hydroxyl groups is 1. The summed E-state index contributed by atoms with van der Waals surface area (Å²) in [5, 5.41) is 11.1. The van der Waals surface area contributed by atoms with Gasteiger partial charge in [0.15, 0.2) is 5.56 Å². The van der Waals surface area contributed by atoms with E-state index in [0.29, 0.717) is 10.9 Å². The Kier molecular flexibility index (Phi) is 3.99. The Morgan fingerprint density at radius 3 is 2.69 bits per heavy atom. The normalized spacial score (nSPS) is 15.8. The van der Waals surface area contributed by atoms with Crippen molar-refractivity contribution < 1.29 is 14.6 Å². The van der Waals surface area contributed by atoms with Crippen LogP contribution in [0, 0.1) is 0 Å². The van der Waals surface area contributed by atoms with Crippen LogP contribution >= 0.6 is 0 Å². The maximum Gasteiger partial charge on any atom is 0.347 e. The molecular weight excluding hydrogens is 330 g/mol. The molecule has 0 saturated heterocycles. The number of hydrogen-bond donors (Lipinski definition) is 1. The average molecular weight is 349 g/mol. The van der Waals surface area contributed by atoms with Crippen LogP contribution in [0.25, 0.3) is 10.9 Å². The van der Waals surface area contributed by atoms with E-state index in [9.17, 15) is 14.7 Å². The predicted octanol–water partition coefficient (Wildman–Crippen LogP) is 3.42. The molecule has 0 radical (unpaired) electrons. The molecule has 1 aromatic heterocycles. The van der Waals surface area contributed by atoms with E-state index in [0.717, 1.165) is 24.0 Å². The van der Waals surface area contributed by atoms with Gasteiger partial charge in [0.1, 0.15) is 5.75 Å². The fourth-order valence-electron chi connectivity index (χ4n) is 3.82. The molecule has 1 aliphatic heterocycles. The van der Waals surface area contributed by atoms with E-state index >= 15 is 0 Å². The molecule has 0 amide bonds. The quantitative estimate of drug-likeness (QED) is 0.736. The Labute approximate surface area is 150 Å². The molecule has 2 heterocycles. The largest absolute Gasteiger partial charge is 0.506 e. The van der Waals surface area contributed by atoms with Crippen LogP contribution < -0.4 is 5.56 Å². The Morgan fingerprint density at radius 2 is 1.96 bits per heavy atom. The van der Waals surface area contributed by atoms with Gasteiger partial charge in [-0.2, -0.15) is 0 Å². The van der Waals surface area contributed by atoms with Crippen molar-refractivity contribution in [3.05, 3.63) is 75.6 Å². The highest BCUT2D eigenvalue weighted by atomic mass is 16.5. The first-order chi connectivity index (χ1) is 12.6. The Morgan fingerprint density at radius 1 is 1.19 bits per heavy atom. The number of ether oxygens (including phenoxy) is 1. The highest BCUT2D eigenvalue weighted by Crippen LogP contribution is 2.37. The molecule has 26 heavy (non-hydrogen) atoms. The molecule has 1 atom stereocenters. The van der Waals surface area contributed by atoms with Gasteiger partial charge in [-0.15, -0.1) is 0 Å². The molecule has 5 heteroatoms. The summed E-state index contributed by atoms with van der Waals surface area (Å²) in [6, 6.07) is 15.1. The second kappa shape index (κ2) is 6.33. The highest BCUT2D eigenvalue weighted by molar-refractivity contribution is 6.00. The topological polar surface area (TPSA) is 68.5 Å². The van der Waals surface area contributed by atoms with E-state index in [4.69, 9.17) is 4.74 Å². The van der Waals surface area contributed by atoms with Crippen LogP contribution in [0.4, 0.5) is 0 Å². The average Bonchev–Trinajstić information content (AvgIpc) is 2.66. The van der Waals surface area contributed by atoms with Gasteiger partial charge in [-0.25, -0.2) is 4.79 Å². The lowest BCUT2D eigenvalue weighted by molar-refractivity contribution is 0.0520. The first kappa shape index (κ1) is 16.4. The van der Waals surface area contributed by atoms with Crippen molar-refractivity contribution in [2.24, 2.45) is 0 Å². The van der Waals surface area contributed by atoms with Crippen LogP contribution in [0.5, 0.6) is 5.75 Å². The molecule has 1 N–H and O–H groups in total. The maximum absolute atomic E-state index is 13.2. The number of carbonyl (C=O) groups excluding carboxylic acids is 1. The molecule has 132 valence electrons. The summed E-state index contributed by atoms with van der Waals surface area (Å²) < 4.78 is 6.66. The third kappa shape index (κ3) is 2.39. The third-order valence-corrected chi connectivity index (χ3v) is 4.95. The Balaban J connectivity index is 2.08. The second-order valence-electron chi connectivity index (χ2n) is 6.40. The summed E-state index contributed by atoms with van der Waals surface area (Å²) in [7, 11) is 0. The van der Waals surface area contributed by atoms with Crippen LogP contribution in [0.2, 0.25) is 0 Å². The number of hydrogen-bond acceptors (Lipinski definition) is 4. The van der Waals surface area contributed by atoms with Gasteiger partial charge in [-0.3, -0.25) is 9.36 Å². The number of pyridine rings is 1. The van der Waals surface area contributed by atoms with E-state index in [2.05, 4.69) is 0 Å². The number of nitrogens with zero attached hydrogens (tertiary/aromatic N) is 1. The van der Waals surface area contributed by atoms with Crippen molar-refractivity contribution in [1.29, 1.82) is 0 Å². The van der Waals surface area contributed by atoms with Crippen LogP contribution in [0.15, 0.2) is 53.3 Å². The zero-order valence-electron chi connectivity index (χ0n) is 14.4. The number of aryl methyl sites for hydroxylation is 1. The van der Waals surface area contributed by atoms with Crippen LogP contribution in [0.3, 0.4) is 0 Å². The van der Waals surface area contributed by atoms with Crippen molar-refractivity contribution in [2.45, 2.75) is 25.8 Å². The molecule has 0 spiro atoms. The summed E-state index contributed by atoms with van der Waals surface area (Å²) in [6.07, 6.45) is 1.55. The molecule has 0 bridgehead atoms. The first-order valence-electron chi connectivity index (χ1n) is 8.74. The number of carbonyl (C=O) groups is 1. The smallest absolute Gasteiger partial charge is 0.347 e. The molecular formula is C21H19NO4. The van der Waals surface area contributed by atoms with Crippen molar-refractivity contribution >= 4 is 16.9 Å². The SMILES string of the molecule is CCOC(=O)c1c(O)c2cccc3c2n(c1=O)C(c1ccccc1)CC3. The highest BCUT2D eigenvalue weighted by Gasteiger charge is 2.30. The standard InChI is InChI=1S/C21H19NO4/c1-2-26-21(25)17-19(23)15-10-6-9-14-11-12-16(13-7-4-3-5-8-13)22(18(14)15)20(17)24/h3-10,16,23H,2,11-12H2,1H3. The number of para-hydroxylation sites is 1. The first-order valence-corrected chi connectivity index (χ1v) is 8.74. The number of aromatic nitrogens is 1. The van der Waals surface area contributed by atoms with Gasteiger partial charge in [0, 0.05) is 5.39 Å². The summed E-state index contributed by atoms with van der Waals surface area (Å²) >= 11 is 0. The lowest BCUT2D eigenvalue weighted by atomic mass is 9.91. The number of esters is 1. The molecule has 1 unspecified atom stereocenters. The monoisotopic (exact) mass is 349 g/mol. The summed E-state index contributed by atoms with van der Waals surface area (Å²) in [4.78, 5) is 25.6. The Bertz CT molecular complexity index is 1050. The van der Waals surface area contributed by atoms with E-state index in [1.807, 2.05) is 42.5 Å². The Hall–Kier alpha value is -3.08. The van der Waals surface area contributed by atoms with Gasteiger partial charge in [0.25, 0.3) is 5.56 Å². The minimum Gasteiger partial charge on any atom is -0.506 e. The summed E-state index contributed by atoms with van der Waals surface area (Å²) in [5.41, 5.74) is 1.90. The van der Waals surface area contributed by atoms with Gasteiger partial charge in [-0.1, -0.05) is 42.5 Å². The fraction of sp³-hybridized carbons (Fsp3) is 0.238. The van der Waals surface area contributed by atoms with Crippen molar-refractivity contribution in [2.75, 3.05) is 6.61 Å². The molecule has 3 aromatic rings. The van der Waals surface area contributed by atoms with Crippen LogP contribution in [-0.4, -0.2) is 22.2 Å². The van der Waals surface area contributed by atoms with Gasteiger partial charge < -0.3 is 9.84 Å².